The Morgan fingerprint density at radius 2 is 1.96 bits per heavy atom. The van der Waals surface area contributed by atoms with Gasteiger partial charge < -0.3 is 14.8 Å². The molecule has 1 fully saturated rings. The van der Waals surface area contributed by atoms with Gasteiger partial charge in [-0.15, -0.1) is 0 Å². The van der Waals surface area contributed by atoms with Crippen LogP contribution in [0.2, 0.25) is 0 Å². The zero-order chi connectivity index (χ0) is 19.9. The Labute approximate surface area is 165 Å². The van der Waals surface area contributed by atoms with E-state index in [0.29, 0.717) is 38.1 Å². The van der Waals surface area contributed by atoms with Crippen LogP contribution in [0.25, 0.3) is 5.69 Å². The van der Waals surface area contributed by atoms with Crippen molar-refractivity contribution in [2.75, 3.05) is 20.3 Å². The number of halogens is 2. The van der Waals surface area contributed by atoms with E-state index in [4.69, 9.17) is 9.47 Å². The highest BCUT2D eigenvalue weighted by molar-refractivity contribution is 5.42. The quantitative estimate of drug-likeness (QED) is 0.646. The molecule has 1 heterocycles. The second-order valence-corrected chi connectivity index (χ2v) is 7.29. The first-order valence-corrected chi connectivity index (χ1v) is 9.99. The summed E-state index contributed by atoms with van der Waals surface area (Å²) in [6, 6.07) is 3.96. The number of hydrogen-bond acceptors (Lipinski definition) is 4. The minimum atomic E-state index is -0.670. The molecule has 1 N–H and O–H groups in total. The van der Waals surface area contributed by atoms with Crippen molar-refractivity contribution >= 4 is 0 Å². The van der Waals surface area contributed by atoms with E-state index in [2.05, 4.69) is 10.4 Å². The van der Waals surface area contributed by atoms with E-state index in [9.17, 15) is 8.78 Å². The van der Waals surface area contributed by atoms with Gasteiger partial charge in [-0.1, -0.05) is 19.3 Å². The lowest BCUT2D eigenvalue weighted by molar-refractivity contribution is 0.169. The number of rotatable bonds is 9. The third-order valence-electron chi connectivity index (χ3n) is 5.18. The summed E-state index contributed by atoms with van der Waals surface area (Å²) in [5.41, 5.74) is 1.86. The largest absolute Gasteiger partial charge is 0.477 e. The fraction of sp³-hybridized carbons (Fsp3) is 0.571. The Bertz CT molecular complexity index is 773. The van der Waals surface area contributed by atoms with Gasteiger partial charge in [-0.2, -0.15) is 9.78 Å². The molecule has 0 spiro atoms. The van der Waals surface area contributed by atoms with Gasteiger partial charge in [0.1, 0.15) is 11.5 Å². The zero-order valence-electron chi connectivity index (χ0n) is 16.6. The summed E-state index contributed by atoms with van der Waals surface area (Å²) in [7, 11) is 1.64. The highest BCUT2D eigenvalue weighted by Crippen LogP contribution is 2.28. The zero-order valence-corrected chi connectivity index (χ0v) is 16.6. The van der Waals surface area contributed by atoms with Crippen molar-refractivity contribution in [1.82, 2.24) is 15.1 Å². The van der Waals surface area contributed by atoms with E-state index in [0.717, 1.165) is 17.3 Å². The Balaban J connectivity index is 1.85. The molecule has 1 aromatic carbocycles. The molecule has 1 aliphatic rings. The van der Waals surface area contributed by atoms with Crippen LogP contribution < -0.4 is 10.1 Å². The molecule has 3 rings (SSSR count). The summed E-state index contributed by atoms with van der Waals surface area (Å²) in [6.07, 6.45) is 6.84. The van der Waals surface area contributed by atoms with Crippen LogP contribution in [0.4, 0.5) is 8.78 Å². The maximum atomic E-state index is 14.4. The van der Waals surface area contributed by atoms with E-state index < -0.39 is 11.6 Å². The second kappa shape index (κ2) is 9.98. The molecule has 5 nitrogen and oxygen atoms in total. The van der Waals surface area contributed by atoms with Gasteiger partial charge in [0.05, 0.1) is 17.9 Å². The van der Waals surface area contributed by atoms with Crippen LogP contribution in [-0.2, 0) is 11.3 Å². The van der Waals surface area contributed by atoms with Crippen LogP contribution in [-0.4, -0.2) is 36.1 Å². The topological polar surface area (TPSA) is 48.3 Å². The fourth-order valence-corrected chi connectivity index (χ4v) is 3.63. The third kappa shape index (κ3) is 5.08. The Hall–Kier alpha value is -1.99. The highest BCUT2D eigenvalue weighted by atomic mass is 19.1. The molecule has 0 bridgehead atoms. The summed E-state index contributed by atoms with van der Waals surface area (Å²) < 4.78 is 40.2. The van der Waals surface area contributed by atoms with Crippen LogP contribution in [0, 0.1) is 18.6 Å². The maximum absolute atomic E-state index is 14.4. The number of aromatic nitrogens is 2. The van der Waals surface area contributed by atoms with Gasteiger partial charge in [0.25, 0.3) is 0 Å². The first-order valence-electron chi connectivity index (χ1n) is 9.99. The Kier molecular flexibility index (Phi) is 7.39. The van der Waals surface area contributed by atoms with Gasteiger partial charge >= 0.3 is 0 Å². The molecule has 7 heteroatoms. The van der Waals surface area contributed by atoms with Crippen molar-refractivity contribution in [3.63, 3.8) is 0 Å². The van der Waals surface area contributed by atoms with Gasteiger partial charge in [0.15, 0.2) is 5.82 Å². The molecule has 154 valence electrons. The summed E-state index contributed by atoms with van der Waals surface area (Å²) >= 11 is 0. The smallest absolute Gasteiger partial charge is 0.221 e. The van der Waals surface area contributed by atoms with Crippen molar-refractivity contribution in [2.24, 2.45) is 0 Å². The summed E-state index contributed by atoms with van der Waals surface area (Å²) in [5, 5.41) is 8.09. The monoisotopic (exact) mass is 393 g/mol. The number of nitrogens with zero attached hydrogens (tertiary/aromatic N) is 2. The van der Waals surface area contributed by atoms with Crippen LogP contribution >= 0.6 is 0 Å². The minimum Gasteiger partial charge on any atom is -0.477 e. The predicted molar refractivity (Wildman–Crippen MR) is 104 cm³/mol. The highest BCUT2D eigenvalue weighted by Gasteiger charge is 2.22. The molecule has 0 amide bonds. The summed E-state index contributed by atoms with van der Waals surface area (Å²) in [5.74, 6) is -0.787. The molecule has 2 aromatic rings. The molecule has 1 saturated carbocycles. The van der Waals surface area contributed by atoms with Gasteiger partial charge in [-0.25, -0.2) is 8.78 Å². The normalized spacial score (nSPS) is 15.1. The standard InChI is InChI=1S/C21H29F2N3O2/c1-15-18(14-24-17-7-4-3-5-8-17)21(28-12-6-11-27-2)26(25-15)20-10-9-16(22)13-19(20)23/h9-10,13,17,24H,3-8,11-12,14H2,1-2H3. The molecule has 1 aromatic heterocycles. The van der Waals surface area contributed by atoms with Crippen LogP contribution in [0.1, 0.15) is 49.8 Å². The first kappa shape index (κ1) is 20.7. The lowest BCUT2D eigenvalue weighted by atomic mass is 9.95. The molecule has 0 aliphatic heterocycles. The molecule has 0 unspecified atom stereocenters. The van der Waals surface area contributed by atoms with E-state index in [-0.39, 0.29) is 5.69 Å². The van der Waals surface area contributed by atoms with E-state index in [1.165, 1.54) is 48.9 Å². The molecule has 0 radical (unpaired) electrons. The number of ether oxygens (including phenoxy) is 2. The van der Waals surface area contributed by atoms with E-state index >= 15 is 0 Å². The molecular formula is C21H29F2N3O2. The lowest BCUT2D eigenvalue weighted by Gasteiger charge is -2.23. The number of methoxy groups -OCH3 is 1. The van der Waals surface area contributed by atoms with Gasteiger partial charge in [0, 0.05) is 38.8 Å². The number of hydrogen-bond donors (Lipinski definition) is 1. The number of aryl methyl sites for hydroxylation is 1. The Morgan fingerprint density at radius 1 is 1.18 bits per heavy atom. The number of nitrogens with one attached hydrogen (secondary N) is 1. The average molecular weight is 393 g/mol. The average Bonchev–Trinajstić information content (AvgIpc) is 2.99. The summed E-state index contributed by atoms with van der Waals surface area (Å²) in [4.78, 5) is 0. The number of benzene rings is 1. The van der Waals surface area contributed by atoms with Crippen LogP contribution in [0.5, 0.6) is 5.88 Å². The third-order valence-corrected chi connectivity index (χ3v) is 5.18. The minimum absolute atomic E-state index is 0.176. The van der Waals surface area contributed by atoms with Crippen molar-refractivity contribution in [2.45, 2.75) is 58.0 Å². The van der Waals surface area contributed by atoms with Crippen molar-refractivity contribution in [3.8, 4) is 11.6 Å². The van der Waals surface area contributed by atoms with Crippen molar-refractivity contribution < 1.29 is 18.3 Å². The van der Waals surface area contributed by atoms with Crippen LogP contribution in [0.15, 0.2) is 18.2 Å². The van der Waals surface area contributed by atoms with Crippen molar-refractivity contribution in [3.05, 3.63) is 41.1 Å². The first-order chi connectivity index (χ1) is 13.6. The van der Waals surface area contributed by atoms with Crippen molar-refractivity contribution in [1.29, 1.82) is 0 Å². The van der Waals surface area contributed by atoms with Crippen LogP contribution in [0.3, 0.4) is 0 Å². The lowest BCUT2D eigenvalue weighted by Crippen LogP contribution is -2.30. The fourth-order valence-electron chi connectivity index (χ4n) is 3.63. The molecular weight excluding hydrogens is 364 g/mol. The molecule has 28 heavy (non-hydrogen) atoms. The second-order valence-electron chi connectivity index (χ2n) is 7.29. The van der Waals surface area contributed by atoms with Gasteiger partial charge in [-0.3, -0.25) is 0 Å². The van der Waals surface area contributed by atoms with E-state index in [1.807, 2.05) is 6.92 Å². The maximum Gasteiger partial charge on any atom is 0.221 e. The Morgan fingerprint density at radius 3 is 2.68 bits per heavy atom. The predicted octanol–water partition coefficient (Wildman–Crippen LogP) is 4.30. The van der Waals surface area contributed by atoms with Gasteiger partial charge in [0.2, 0.25) is 5.88 Å². The van der Waals surface area contributed by atoms with E-state index in [1.54, 1.807) is 7.11 Å². The summed E-state index contributed by atoms with van der Waals surface area (Å²) in [6.45, 7) is 3.50. The molecule has 0 saturated heterocycles. The SMILES string of the molecule is COCCCOc1c(CNC2CCCCC2)c(C)nn1-c1ccc(F)cc1F. The molecule has 1 aliphatic carbocycles. The van der Waals surface area contributed by atoms with Gasteiger partial charge in [-0.05, 0) is 31.9 Å². The molecule has 0 atom stereocenters.